The molecule has 4 heteroatoms. The number of aromatic nitrogens is 2. The summed E-state index contributed by atoms with van der Waals surface area (Å²) in [5.41, 5.74) is 2.18. The van der Waals surface area contributed by atoms with Gasteiger partial charge in [0.15, 0.2) is 0 Å². The van der Waals surface area contributed by atoms with Gasteiger partial charge < -0.3 is 5.32 Å². The standard InChI is InChI=1S/C17H19N3S/c1-13(2)17(16-9-5-12-21-16)19-14-7-3-4-8-15(14)20-11-6-10-18-20/h3-13,17,19H,1-2H3. The fourth-order valence-corrected chi connectivity index (χ4v) is 3.36. The molecule has 1 N–H and O–H groups in total. The zero-order valence-electron chi connectivity index (χ0n) is 12.2. The highest BCUT2D eigenvalue weighted by atomic mass is 32.1. The molecule has 0 amide bonds. The second-order valence-corrected chi connectivity index (χ2v) is 6.33. The monoisotopic (exact) mass is 297 g/mol. The van der Waals surface area contributed by atoms with Gasteiger partial charge in [-0.2, -0.15) is 5.10 Å². The maximum Gasteiger partial charge on any atom is 0.0877 e. The lowest BCUT2D eigenvalue weighted by Crippen LogP contribution is -2.17. The van der Waals surface area contributed by atoms with Crippen molar-refractivity contribution in [1.82, 2.24) is 9.78 Å². The van der Waals surface area contributed by atoms with E-state index in [0.717, 1.165) is 11.4 Å². The van der Waals surface area contributed by atoms with Crippen molar-refractivity contribution in [2.75, 3.05) is 5.32 Å². The Labute approximate surface area is 129 Å². The molecule has 0 fully saturated rings. The summed E-state index contributed by atoms with van der Waals surface area (Å²) in [7, 11) is 0. The number of nitrogens with one attached hydrogen (secondary N) is 1. The van der Waals surface area contributed by atoms with E-state index in [4.69, 9.17) is 0 Å². The molecule has 0 radical (unpaired) electrons. The van der Waals surface area contributed by atoms with Crippen LogP contribution in [0.4, 0.5) is 5.69 Å². The average Bonchev–Trinajstić information content (AvgIpc) is 3.18. The number of hydrogen-bond acceptors (Lipinski definition) is 3. The van der Waals surface area contributed by atoms with Crippen LogP contribution in [0.2, 0.25) is 0 Å². The van der Waals surface area contributed by atoms with Crippen LogP contribution in [0.25, 0.3) is 5.69 Å². The van der Waals surface area contributed by atoms with Crippen LogP contribution in [0.1, 0.15) is 24.8 Å². The van der Waals surface area contributed by atoms with Crippen molar-refractivity contribution < 1.29 is 0 Å². The molecule has 1 unspecified atom stereocenters. The fourth-order valence-electron chi connectivity index (χ4n) is 2.41. The van der Waals surface area contributed by atoms with Crippen LogP contribution in [0.3, 0.4) is 0 Å². The number of rotatable bonds is 5. The lowest BCUT2D eigenvalue weighted by Gasteiger charge is -2.24. The number of benzene rings is 1. The largest absolute Gasteiger partial charge is 0.375 e. The van der Waals surface area contributed by atoms with Gasteiger partial charge in [0.05, 0.1) is 17.4 Å². The van der Waals surface area contributed by atoms with Gasteiger partial charge in [-0.15, -0.1) is 11.3 Å². The van der Waals surface area contributed by atoms with Crippen LogP contribution in [-0.4, -0.2) is 9.78 Å². The van der Waals surface area contributed by atoms with E-state index in [1.807, 2.05) is 23.0 Å². The molecule has 1 aromatic carbocycles. The molecule has 0 aliphatic rings. The minimum Gasteiger partial charge on any atom is -0.375 e. The molecular formula is C17H19N3S. The molecule has 1 atom stereocenters. The molecule has 21 heavy (non-hydrogen) atoms. The second-order valence-electron chi connectivity index (χ2n) is 5.35. The second kappa shape index (κ2) is 6.14. The van der Waals surface area contributed by atoms with Gasteiger partial charge in [-0.3, -0.25) is 0 Å². The Morgan fingerprint density at radius 2 is 1.95 bits per heavy atom. The molecule has 0 aliphatic heterocycles. The zero-order valence-corrected chi connectivity index (χ0v) is 13.0. The third-order valence-corrected chi connectivity index (χ3v) is 4.44. The van der Waals surface area contributed by atoms with Crippen LogP contribution in [-0.2, 0) is 0 Å². The molecule has 2 heterocycles. The SMILES string of the molecule is CC(C)C(Nc1ccccc1-n1cccn1)c1cccs1. The fraction of sp³-hybridized carbons (Fsp3) is 0.235. The zero-order chi connectivity index (χ0) is 14.7. The number of nitrogens with zero attached hydrogens (tertiary/aromatic N) is 2. The minimum absolute atomic E-state index is 0.307. The van der Waals surface area contributed by atoms with Crippen molar-refractivity contribution in [2.24, 2.45) is 5.92 Å². The van der Waals surface area contributed by atoms with Gasteiger partial charge >= 0.3 is 0 Å². The Hall–Kier alpha value is -2.07. The first-order valence-electron chi connectivity index (χ1n) is 7.14. The van der Waals surface area contributed by atoms with Gasteiger partial charge in [0, 0.05) is 17.3 Å². The van der Waals surface area contributed by atoms with Crippen LogP contribution < -0.4 is 5.32 Å². The van der Waals surface area contributed by atoms with Crippen molar-refractivity contribution in [3.8, 4) is 5.69 Å². The molecule has 0 saturated heterocycles. The number of anilines is 1. The number of hydrogen-bond donors (Lipinski definition) is 1. The Morgan fingerprint density at radius 1 is 1.10 bits per heavy atom. The van der Waals surface area contributed by atoms with E-state index in [1.165, 1.54) is 4.88 Å². The summed E-state index contributed by atoms with van der Waals surface area (Å²) in [6, 6.07) is 14.8. The maximum absolute atomic E-state index is 4.34. The van der Waals surface area contributed by atoms with Crippen molar-refractivity contribution in [1.29, 1.82) is 0 Å². The highest BCUT2D eigenvalue weighted by Crippen LogP contribution is 2.31. The van der Waals surface area contributed by atoms with Crippen molar-refractivity contribution >= 4 is 17.0 Å². The average molecular weight is 297 g/mol. The molecule has 2 aromatic heterocycles. The van der Waals surface area contributed by atoms with Crippen molar-refractivity contribution in [3.63, 3.8) is 0 Å². The van der Waals surface area contributed by atoms with E-state index in [2.05, 4.69) is 60.0 Å². The Morgan fingerprint density at radius 3 is 2.62 bits per heavy atom. The predicted octanol–water partition coefficient (Wildman–Crippen LogP) is 4.74. The molecule has 108 valence electrons. The van der Waals surface area contributed by atoms with E-state index < -0.39 is 0 Å². The van der Waals surface area contributed by atoms with Crippen LogP contribution in [0.15, 0.2) is 60.2 Å². The Bertz CT molecular complexity index is 672. The van der Waals surface area contributed by atoms with Gasteiger partial charge in [-0.25, -0.2) is 4.68 Å². The molecule has 0 spiro atoms. The quantitative estimate of drug-likeness (QED) is 0.737. The first kappa shape index (κ1) is 13.9. The van der Waals surface area contributed by atoms with E-state index in [1.54, 1.807) is 17.5 Å². The van der Waals surface area contributed by atoms with Crippen molar-refractivity contribution in [3.05, 3.63) is 65.1 Å². The third kappa shape index (κ3) is 3.00. The predicted molar refractivity (Wildman–Crippen MR) is 89.1 cm³/mol. The highest BCUT2D eigenvalue weighted by Gasteiger charge is 2.18. The number of para-hydroxylation sites is 2. The number of thiophene rings is 1. The van der Waals surface area contributed by atoms with Gasteiger partial charge in [-0.05, 0) is 35.6 Å². The van der Waals surface area contributed by atoms with Gasteiger partial charge in [0.2, 0.25) is 0 Å². The van der Waals surface area contributed by atoms with Crippen LogP contribution in [0, 0.1) is 5.92 Å². The Balaban J connectivity index is 1.94. The molecule has 3 aromatic rings. The molecule has 3 nitrogen and oxygen atoms in total. The summed E-state index contributed by atoms with van der Waals surface area (Å²) in [6.07, 6.45) is 3.77. The molecule has 0 bridgehead atoms. The van der Waals surface area contributed by atoms with E-state index in [0.29, 0.717) is 12.0 Å². The van der Waals surface area contributed by atoms with Gasteiger partial charge in [-0.1, -0.05) is 32.0 Å². The topological polar surface area (TPSA) is 29.9 Å². The van der Waals surface area contributed by atoms with Crippen LogP contribution >= 0.6 is 11.3 Å². The van der Waals surface area contributed by atoms with E-state index in [9.17, 15) is 0 Å². The lowest BCUT2D eigenvalue weighted by atomic mass is 10.0. The molecule has 0 saturated carbocycles. The summed E-state index contributed by atoms with van der Waals surface area (Å²) < 4.78 is 1.90. The highest BCUT2D eigenvalue weighted by molar-refractivity contribution is 7.10. The summed E-state index contributed by atoms with van der Waals surface area (Å²) in [6.45, 7) is 4.49. The van der Waals surface area contributed by atoms with Crippen molar-refractivity contribution in [2.45, 2.75) is 19.9 Å². The lowest BCUT2D eigenvalue weighted by molar-refractivity contribution is 0.553. The summed E-state index contributed by atoms with van der Waals surface area (Å²) in [5, 5.41) is 10.2. The summed E-state index contributed by atoms with van der Waals surface area (Å²) >= 11 is 1.80. The molecule has 3 rings (SSSR count). The first-order valence-corrected chi connectivity index (χ1v) is 8.02. The van der Waals surface area contributed by atoms with E-state index in [-0.39, 0.29) is 0 Å². The van der Waals surface area contributed by atoms with Gasteiger partial charge in [0.25, 0.3) is 0 Å². The van der Waals surface area contributed by atoms with Crippen LogP contribution in [0.5, 0.6) is 0 Å². The Kier molecular flexibility index (Phi) is 4.06. The minimum atomic E-state index is 0.307. The third-order valence-electron chi connectivity index (χ3n) is 3.48. The molecular weight excluding hydrogens is 278 g/mol. The summed E-state index contributed by atoms with van der Waals surface area (Å²) in [5.74, 6) is 0.509. The smallest absolute Gasteiger partial charge is 0.0877 e. The summed E-state index contributed by atoms with van der Waals surface area (Å²) in [4.78, 5) is 1.36. The maximum atomic E-state index is 4.34. The van der Waals surface area contributed by atoms with E-state index >= 15 is 0 Å². The van der Waals surface area contributed by atoms with Gasteiger partial charge in [0.1, 0.15) is 0 Å². The first-order chi connectivity index (χ1) is 10.3. The normalized spacial score (nSPS) is 12.5. The molecule has 0 aliphatic carbocycles.